The van der Waals surface area contributed by atoms with Crippen molar-refractivity contribution in [1.82, 2.24) is 0 Å². The van der Waals surface area contributed by atoms with Gasteiger partial charge in [-0.25, -0.2) is 0 Å². The summed E-state index contributed by atoms with van der Waals surface area (Å²) in [6.07, 6.45) is 2.31. The highest BCUT2D eigenvalue weighted by atomic mass is 35.5. The quantitative estimate of drug-likeness (QED) is 0.504. The number of nitrogens with one attached hydrogen (secondary N) is 1. The van der Waals surface area contributed by atoms with Crippen LogP contribution in [0.3, 0.4) is 0 Å². The molecule has 4 heteroatoms. The first-order valence-electron chi connectivity index (χ1n) is 7.62. The van der Waals surface area contributed by atoms with Crippen LogP contribution in [-0.2, 0) is 6.42 Å². The molecule has 120 valence electrons. The van der Waals surface area contributed by atoms with Gasteiger partial charge in [-0.1, -0.05) is 54.1 Å². The monoisotopic (exact) mass is 336 g/mol. The van der Waals surface area contributed by atoms with E-state index in [1.807, 2.05) is 66.7 Å². The minimum Gasteiger partial charge on any atom is -0.507 e. The summed E-state index contributed by atoms with van der Waals surface area (Å²) >= 11 is 6.21. The normalized spacial score (nSPS) is 10.9. The highest BCUT2D eigenvalue weighted by Crippen LogP contribution is 2.22. The van der Waals surface area contributed by atoms with E-state index in [1.54, 1.807) is 12.3 Å². The maximum atomic E-state index is 10.0. The lowest BCUT2D eigenvalue weighted by atomic mass is 10.0. The van der Waals surface area contributed by atoms with Crippen LogP contribution in [0, 0.1) is 0 Å². The molecule has 0 amide bonds. The topological polar surface area (TPSA) is 44.6 Å². The molecule has 2 N–H and O–H groups in total. The third-order valence-electron chi connectivity index (χ3n) is 3.62. The van der Waals surface area contributed by atoms with Crippen LogP contribution in [0.1, 0.15) is 16.7 Å². The third-order valence-corrected chi connectivity index (χ3v) is 3.98. The fourth-order valence-corrected chi connectivity index (χ4v) is 2.57. The van der Waals surface area contributed by atoms with Crippen molar-refractivity contribution in [2.75, 3.05) is 5.43 Å². The summed E-state index contributed by atoms with van der Waals surface area (Å²) < 4.78 is 0. The highest BCUT2D eigenvalue weighted by Gasteiger charge is 2.04. The smallest absolute Gasteiger partial charge is 0.124 e. The van der Waals surface area contributed by atoms with Crippen LogP contribution in [-0.4, -0.2) is 11.3 Å². The van der Waals surface area contributed by atoms with Crippen LogP contribution in [0.25, 0.3) is 0 Å². The number of rotatable bonds is 5. The third kappa shape index (κ3) is 4.15. The van der Waals surface area contributed by atoms with Gasteiger partial charge in [0, 0.05) is 10.6 Å². The van der Waals surface area contributed by atoms with Crippen LogP contribution < -0.4 is 5.43 Å². The zero-order chi connectivity index (χ0) is 16.8. The van der Waals surface area contributed by atoms with E-state index < -0.39 is 0 Å². The summed E-state index contributed by atoms with van der Waals surface area (Å²) in [5.74, 6) is 0.191. The lowest BCUT2D eigenvalue weighted by Gasteiger charge is -2.07. The van der Waals surface area contributed by atoms with Crippen LogP contribution in [0.4, 0.5) is 5.69 Å². The van der Waals surface area contributed by atoms with Crippen LogP contribution in [0.2, 0.25) is 5.02 Å². The minimum atomic E-state index is 0.191. The van der Waals surface area contributed by atoms with E-state index in [1.165, 1.54) is 0 Å². The maximum absolute atomic E-state index is 10.0. The van der Waals surface area contributed by atoms with Crippen molar-refractivity contribution in [3.63, 3.8) is 0 Å². The molecule has 0 spiro atoms. The molecule has 3 rings (SSSR count). The molecule has 0 heterocycles. The predicted molar refractivity (Wildman–Crippen MR) is 100 cm³/mol. The SMILES string of the molecule is Oc1ccc(Cc2ccccc2Cl)cc1C=NNc1ccccc1. The average Bonchev–Trinajstić information content (AvgIpc) is 2.60. The fourth-order valence-electron chi connectivity index (χ4n) is 2.37. The molecule has 3 aromatic rings. The van der Waals surface area contributed by atoms with Gasteiger partial charge in [-0.05, 0) is 47.9 Å². The van der Waals surface area contributed by atoms with Gasteiger partial charge in [0.15, 0.2) is 0 Å². The van der Waals surface area contributed by atoms with E-state index in [0.717, 1.165) is 21.8 Å². The Morgan fingerprint density at radius 1 is 0.958 bits per heavy atom. The molecule has 0 radical (unpaired) electrons. The molecule has 0 aliphatic rings. The Labute approximate surface area is 146 Å². The van der Waals surface area contributed by atoms with Gasteiger partial charge in [0.2, 0.25) is 0 Å². The second-order valence-corrected chi connectivity index (χ2v) is 5.80. The Hall–Kier alpha value is -2.78. The molecule has 0 fully saturated rings. The number of hydrazone groups is 1. The number of benzene rings is 3. The summed E-state index contributed by atoms with van der Waals surface area (Å²) in [4.78, 5) is 0. The van der Waals surface area contributed by atoms with Crippen molar-refractivity contribution < 1.29 is 5.11 Å². The molecule has 3 nitrogen and oxygen atoms in total. The van der Waals surface area contributed by atoms with Gasteiger partial charge in [-0.15, -0.1) is 0 Å². The van der Waals surface area contributed by atoms with Crippen molar-refractivity contribution in [2.24, 2.45) is 5.10 Å². The Bertz CT molecular complexity index is 847. The van der Waals surface area contributed by atoms with Gasteiger partial charge in [0.25, 0.3) is 0 Å². The Balaban J connectivity index is 1.75. The first-order chi connectivity index (χ1) is 11.7. The lowest BCUT2D eigenvalue weighted by molar-refractivity contribution is 0.474. The number of hydrogen-bond acceptors (Lipinski definition) is 3. The first-order valence-corrected chi connectivity index (χ1v) is 7.99. The first kappa shape index (κ1) is 16.1. The Morgan fingerprint density at radius 3 is 2.50 bits per heavy atom. The predicted octanol–water partition coefficient (Wildman–Crippen LogP) is 5.08. The van der Waals surface area contributed by atoms with Gasteiger partial charge in [0.05, 0.1) is 11.9 Å². The van der Waals surface area contributed by atoms with Crippen LogP contribution >= 0.6 is 11.6 Å². The van der Waals surface area contributed by atoms with Crippen molar-refractivity contribution in [3.05, 3.63) is 94.5 Å². The molecular weight excluding hydrogens is 320 g/mol. The number of phenols is 1. The summed E-state index contributed by atoms with van der Waals surface area (Å²) in [5, 5.41) is 14.9. The number of aromatic hydroxyl groups is 1. The molecule has 0 aliphatic carbocycles. The van der Waals surface area contributed by atoms with Crippen molar-refractivity contribution in [1.29, 1.82) is 0 Å². The zero-order valence-electron chi connectivity index (χ0n) is 13.0. The Morgan fingerprint density at radius 2 is 1.71 bits per heavy atom. The molecule has 24 heavy (non-hydrogen) atoms. The lowest BCUT2D eigenvalue weighted by Crippen LogP contribution is -1.94. The second kappa shape index (κ2) is 7.66. The molecule has 0 aliphatic heterocycles. The standard InChI is InChI=1S/C20H17ClN2O/c21-19-9-5-4-6-16(19)12-15-10-11-20(24)17(13-15)14-22-23-18-7-2-1-3-8-18/h1-11,13-14,23-24H,12H2. The second-order valence-electron chi connectivity index (χ2n) is 5.40. The summed E-state index contributed by atoms with van der Waals surface area (Å²) in [7, 11) is 0. The molecule has 0 aromatic heterocycles. The Kier molecular flexibility index (Phi) is 5.14. The average molecular weight is 337 g/mol. The van der Waals surface area contributed by atoms with E-state index in [2.05, 4.69) is 10.5 Å². The molecule has 0 unspecified atom stereocenters. The molecule has 0 atom stereocenters. The molecule has 0 saturated heterocycles. The number of halogens is 1. The van der Waals surface area contributed by atoms with E-state index in [9.17, 15) is 5.11 Å². The van der Waals surface area contributed by atoms with Crippen LogP contribution in [0.5, 0.6) is 5.75 Å². The van der Waals surface area contributed by atoms with Crippen LogP contribution in [0.15, 0.2) is 77.9 Å². The van der Waals surface area contributed by atoms with E-state index in [4.69, 9.17) is 11.6 Å². The number of nitrogens with zero attached hydrogens (tertiary/aromatic N) is 1. The fraction of sp³-hybridized carbons (Fsp3) is 0.0500. The van der Waals surface area contributed by atoms with Gasteiger partial charge in [-0.3, -0.25) is 5.43 Å². The summed E-state index contributed by atoms with van der Waals surface area (Å²) in [6.45, 7) is 0. The van der Waals surface area contributed by atoms with Crippen molar-refractivity contribution >= 4 is 23.5 Å². The van der Waals surface area contributed by atoms with E-state index in [0.29, 0.717) is 12.0 Å². The van der Waals surface area contributed by atoms with E-state index in [-0.39, 0.29) is 5.75 Å². The summed E-state index contributed by atoms with van der Waals surface area (Å²) in [6, 6.07) is 22.9. The van der Waals surface area contributed by atoms with Gasteiger partial charge in [0.1, 0.15) is 5.75 Å². The number of hydrogen-bond donors (Lipinski definition) is 2. The molecule has 0 saturated carbocycles. The van der Waals surface area contributed by atoms with E-state index >= 15 is 0 Å². The summed E-state index contributed by atoms with van der Waals surface area (Å²) in [5.41, 5.74) is 6.59. The minimum absolute atomic E-state index is 0.191. The van der Waals surface area contributed by atoms with Gasteiger partial charge in [-0.2, -0.15) is 5.10 Å². The molecule has 3 aromatic carbocycles. The van der Waals surface area contributed by atoms with Gasteiger partial charge < -0.3 is 5.11 Å². The number of phenolic OH excluding ortho intramolecular Hbond substituents is 1. The molecular formula is C20H17ClN2O. The largest absolute Gasteiger partial charge is 0.507 e. The van der Waals surface area contributed by atoms with Gasteiger partial charge >= 0.3 is 0 Å². The maximum Gasteiger partial charge on any atom is 0.124 e. The zero-order valence-corrected chi connectivity index (χ0v) is 13.7. The number of para-hydroxylation sites is 1. The number of anilines is 1. The highest BCUT2D eigenvalue weighted by molar-refractivity contribution is 6.31. The van der Waals surface area contributed by atoms with Crippen molar-refractivity contribution in [3.8, 4) is 5.75 Å². The van der Waals surface area contributed by atoms with Crippen molar-refractivity contribution in [2.45, 2.75) is 6.42 Å². The molecule has 0 bridgehead atoms.